The van der Waals surface area contributed by atoms with Gasteiger partial charge < -0.3 is 5.32 Å². The quantitative estimate of drug-likeness (QED) is 0.382. The zero-order chi connectivity index (χ0) is 19.5. The lowest BCUT2D eigenvalue weighted by Crippen LogP contribution is -2.14. The van der Waals surface area contributed by atoms with Gasteiger partial charge in [0.25, 0.3) is 5.69 Å². The van der Waals surface area contributed by atoms with Gasteiger partial charge in [-0.2, -0.15) is 0 Å². The summed E-state index contributed by atoms with van der Waals surface area (Å²) in [4.78, 5) is 27.1. The van der Waals surface area contributed by atoms with Gasteiger partial charge in [-0.15, -0.1) is 11.3 Å². The molecule has 6 nitrogen and oxygen atoms in total. The normalized spacial score (nSPS) is 10.7. The van der Waals surface area contributed by atoms with E-state index in [0.717, 1.165) is 21.9 Å². The van der Waals surface area contributed by atoms with Gasteiger partial charge in [-0.3, -0.25) is 14.9 Å². The number of carbonyl (C=O) groups excluding carboxylic acids is 1. The van der Waals surface area contributed by atoms with Crippen LogP contribution < -0.4 is 5.32 Å². The number of hydrogen-bond acceptors (Lipinski definition) is 5. The number of thiazole rings is 1. The van der Waals surface area contributed by atoms with Crippen LogP contribution in [0.2, 0.25) is 0 Å². The molecular formula is C21H15N3O3S. The number of nitrogens with zero attached hydrogens (tertiary/aromatic N) is 2. The number of amides is 1. The highest BCUT2D eigenvalue weighted by molar-refractivity contribution is 7.14. The van der Waals surface area contributed by atoms with Gasteiger partial charge in [0.15, 0.2) is 5.13 Å². The zero-order valence-electron chi connectivity index (χ0n) is 14.7. The molecule has 1 N–H and O–H groups in total. The minimum absolute atomic E-state index is 0.0305. The van der Waals surface area contributed by atoms with Gasteiger partial charge in [0, 0.05) is 23.1 Å². The predicted octanol–water partition coefficient (Wildman–Crippen LogP) is 5.05. The molecule has 1 aromatic heterocycles. The van der Waals surface area contributed by atoms with Gasteiger partial charge in [0.1, 0.15) is 0 Å². The van der Waals surface area contributed by atoms with Crippen LogP contribution in [0.5, 0.6) is 0 Å². The van der Waals surface area contributed by atoms with Crippen molar-refractivity contribution in [2.75, 3.05) is 5.32 Å². The van der Waals surface area contributed by atoms with E-state index in [1.54, 1.807) is 12.1 Å². The third-order valence-electron chi connectivity index (χ3n) is 4.30. The average Bonchev–Trinajstić information content (AvgIpc) is 3.16. The van der Waals surface area contributed by atoms with Crippen LogP contribution >= 0.6 is 11.3 Å². The topological polar surface area (TPSA) is 85.1 Å². The Bertz CT molecular complexity index is 1170. The molecule has 1 amide bonds. The number of non-ortho nitro benzene ring substituents is 1. The number of benzene rings is 3. The van der Waals surface area contributed by atoms with E-state index in [2.05, 4.69) is 10.3 Å². The number of nitro groups is 1. The standard InChI is InChI=1S/C21H15N3O3S/c25-20(12-14-5-6-15-3-1-2-4-17(15)11-14)23-21-22-19(13-28-21)16-7-9-18(10-8-16)24(26)27/h1-11,13H,12H2,(H,22,23,25). The van der Waals surface area contributed by atoms with Crippen molar-refractivity contribution in [3.05, 3.63) is 87.8 Å². The van der Waals surface area contributed by atoms with Crippen molar-refractivity contribution < 1.29 is 9.72 Å². The highest BCUT2D eigenvalue weighted by atomic mass is 32.1. The van der Waals surface area contributed by atoms with Gasteiger partial charge in [0.05, 0.1) is 17.0 Å². The molecule has 7 heteroatoms. The van der Waals surface area contributed by atoms with Crippen LogP contribution in [0.1, 0.15) is 5.56 Å². The maximum atomic E-state index is 12.4. The lowest BCUT2D eigenvalue weighted by atomic mass is 10.1. The summed E-state index contributed by atoms with van der Waals surface area (Å²) in [5, 5.41) is 18.1. The Morgan fingerprint density at radius 2 is 1.79 bits per heavy atom. The van der Waals surface area contributed by atoms with E-state index in [-0.39, 0.29) is 18.0 Å². The van der Waals surface area contributed by atoms with E-state index in [1.165, 1.54) is 23.5 Å². The van der Waals surface area contributed by atoms with Crippen LogP contribution in [0.4, 0.5) is 10.8 Å². The first-order chi connectivity index (χ1) is 13.6. The summed E-state index contributed by atoms with van der Waals surface area (Å²) in [5.41, 5.74) is 2.39. The molecule has 1 heterocycles. The van der Waals surface area contributed by atoms with Crippen LogP contribution in [0.25, 0.3) is 22.0 Å². The predicted molar refractivity (Wildman–Crippen MR) is 110 cm³/mol. The molecule has 4 rings (SSSR count). The number of nitrogens with one attached hydrogen (secondary N) is 1. The number of nitro benzene ring substituents is 1. The second-order valence-corrected chi connectivity index (χ2v) is 7.11. The second-order valence-electron chi connectivity index (χ2n) is 6.25. The van der Waals surface area contributed by atoms with E-state index >= 15 is 0 Å². The summed E-state index contributed by atoms with van der Waals surface area (Å²) in [7, 11) is 0. The Morgan fingerprint density at radius 1 is 1.04 bits per heavy atom. The Morgan fingerprint density at radius 3 is 2.54 bits per heavy atom. The molecule has 0 radical (unpaired) electrons. The number of anilines is 1. The Kier molecular flexibility index (Phi) is 4.82. The van der Waals surface area contributed by atoms with Crippen molar-refractivity contribution in [1.29, 1.82) is 0 Å². The molecule has 0 atom stereocenters. The molecule has 0 aliphatic carbocycles. The maximum absolute atomic E-state index is 12.4. The van der Waals surface area contributed by atoms with Crippen LogP contribution in [0, 0.1) is 10.1 Å². The molecule has 0 bridgehead atoms. The molecule has 3 aromatic carbocycles. The van der Waals surface area contributed by atoms with E-state index < -0.39 is 4.92 Å². The first kappa shape index (κ1) is 17.8. The number of carbonyl (C=O) groups is 1. The van der Waals surface area contributed by atoms with Crippen molar-refractivity contribution in [2.24, 2.45) is 0 Å². The Hall–Kier alpha value is -3.58. The second kappa shape index (κ2) is 7.58. The van der Waals surface area contributed by atoms with Crippen molar-refractivity contribution in [3.8, 4) is 11.3 Å². The lowest BCUT2D eigenvalue weighted by Gasteiger charge is -2.04. The Labute approximate surface area is 164 Å². The van der Waals surface area contributed by atoms with Gasteiger partial charge in [-0.25, -0.2) is 4.98 Å². The van der Waals surface area contributed by atoms with Crippen LogP contribution in [-0.4, -0.2) is 15.8 Å². The lowest BCUT2D eigenvalue weighted by molar-refractivity contribution is -0.384. The molecule has 0 saturated heterocycles. The van der Waals surface area contributed by atoms with Gasteiger partial charge >= 0.3 is 0 Å². The zero-order valence-corrected chi connectivity index (χ0v) is 15.5. The van der Waals surface area contributed by atoms with Gasteiger partial charge in [0.2, 0.25) is 5.91 Å². The number of fused-ring (bicyclic) bond motifs is 1. The monoisotopic (exact) mass is 389 g/mol. The summed E-state index contributed by atoms with van der Waals surface area (Å²) in [6, 6.07) is 20.2. The van der Waals surface area contributed by atoms with Crippen LogP contribution in [0.15, 0.2) is 72.1 Å². The minimum atomic E-state index is -0.441. The van der Waals surface area contributed by atoms with E-state index in [1.807, 2.05) is 47.8 Å². The van der Waals surface area contributed by atoms with Crippen molar-refractivity contribution in [2.45, 2.75) is 6.42 Å². The van der Waals surface area contributed by atoms with Crippen LogP contribution in [0.3, 0.4) is 0 Å². The maximum Gasteiger partial charge on any atom is 0.269 e. The molecular weight excluding hydrogens is 374 g/mol. The molecule has 0 aliphatic heterocycles. The molecule has 0 spiro atoms. The third kappa shape index (κ3) is 3.89. The van der Waals surface area contributed by atoms with Gasteiger partial charge in [-0.05, 0) is 28.5 Å². The fourth-order valence-electron chi connectivity index (χ4n) is 2.92. The van der Waals surface area contributed by atoms with Crippen molar-refractivity contribution in [1.82, 2.24) is 4.98 Å². The molecule has 28 heavy (non-hydrogen) atoms. The largest absolute Gasteiger partial charge is 0.302 e. The molecule has 138 valence electrons. The first-order valence-electron chi connectivity index (χ1n) is 8.56. The highest BCUT2D eigenvalue weighted by Crippen LogP contribution is 2.26. The molecule has 0 unspecified atom stereocenters. The first-order valence-corrected chi connectivity index (χ1v) is 9.44. The number of rotatable bonds is 5. The molecule has 4 aromatic rings. The fourth-order valence-corrected chi connectivity index (χ4v) is 3.65. The van der Waals surface area contributed by atoms with Crippen molar-refractivity contribution >= 4 is 38.8 Å². The van der Waals surface area contributed by atoms with E-state index in [0.29, 0.717) is 10.8 Å². The summed E-state index contributed by atoms with van der Waals surface area (Å²) < 4.78 is 0. The molecule has 0 saturated carbocycles. The summed E-state index contributed by atoms with van der Waals surface area (Å²) >= 11 is 1.32. The van der Waals surface area contributed by atoms with E-state index in [4.69, 9.17) is 0 Å². The van der Waals surface area contributed by atoms with Crippen LogP contribution in [-0.2, 0) is 11.2 Å². The highest BCUT2D eigenvalue weighted by Gasteiger charge is 2.11. The SMILES string of the molecule is O=C(Cc1ccc2ccccc2c1)Nc1nc(-c2ccc([N+](=O)[O-])cc2)cs1. The summed E-state index contributed by atoms with van der Waals surface area (Å²) in [6.45, 7) is 0. The summed E-state index contributed by atoms with van der Waals surface area (Å²) in [6.07, 6.45) is 0.261. The molecule has 0 fully saturated rings. The fraction of sp³-hybridized carbons (Fsp3) is 0.0476. The number of hydrogen-bond donors (Lipinski definition) is 1. The Balaban J connectivity index is 1.44. The van der Waals surface area contributed by atoms with Gasteiger partial charge in [-0.1, -0.05) is 42.5 Å². The van der Waals surface area contributed by atoms with Crippen molar-refractivity contribution in [3.63, 3.8) is 0 Å². The smallest absolute Gasteiger partial charge is 0.269 e. The summed E-state index contributed by atoms with van der Waals surface area (Å²) in [5.74, 6) is -0.139. The van der Waals surface area contributed by atoms with E-state index in [9.17, 15) is 14.9 Å². The average molecular weight is 389 g/mol. The minimum Gasteiger partial charge on any atom is -0.302 e. The number of aromatic nitrogens is 1. The molecule has 0 aliphatic rings. The third-order valence-corrected chi connectivity index (χ3v) is 5.06.